The Labute approximate surface area is 173 Å². The van der Waals surface area contributed by atoms with Gasteiger partial charge in [-0.3, -0.25) is 5.41 Å². The molecule has 5 nitrogen and oxygen atoms in total. The van der Waals surface area contributed by atoms with Crippen molar-refractivity contribution in [2.45, 2.75) is 59.5 Å². The number of amidine groups is 1. The standard InChI is InChI=1S/C24H32N2O3/c1-7-28-18-9-10-19-17(11-18)14-26(23(19)25)15(3)16-12-20(24(4,5)6)22(27)21(13-16)29-8-2/h9-13,15,25,27H,7-8,14H2,1-6H3. The predicted molar refractivity (Wildman–Crippen MR) is 116 cm³/mol. The van der Waals surface area contributed by atoms with E-state index < -0.39 is 0 Å². The second kappa shape index (κ2) is 7.97. The number of rotatable bonds is 6. The predicted octanol–water partition coefficient (Wildman–Crippen LogP) is 5.39. The molecule has 0 aliphatic carbocycles. The van der Waals surface area contributed by atoms with Crippen molar-refractivity contribution in [3.63, 3.8) is 0 Å². The Bertz CT molecular complexity index is 915. The minimum Gasteiger partial charge on any atom is -0.504 e. The van der Waals surface area contributed by atoms with Gasteiger partial charge in [0.25, 0.3) is 0 Å². The third-order valence-corrected chi connectivity index (χ3v) is 5.43. The third kappa shape index (κ3) is 4.04. The van der Waals surface area contributed by atoms with Crippen LogP contribution in [0, 0.1) is 5.41 Å². The Hall–Kier alpha value is -2.69. The number of fused-ring (bicyclic) bond motifs is 1. The number of phenolic OH excluding ortho intramolecular Hbond substituents is 1. The fourth-order valence-electron chi connectivity index (χ4n) is 3.82. The smallest absolute Gasteiger partial charge is 0.161 e. The minimum absolute atomic E-state index is 0.0358. The van der Waals surface area contributed by atoms with Crippen LogP contribution in [-0.4, -0.2) is 29.1 Å². The second-order valence-electron chi connectivity index (χ2n) is 8.50. The summed E-state index contributed by atoms with van der Waals surface area (Å²) in [7, 11) is 0. The highest BCUT2D eigenvalue weighted by Crippen LogP contribution is 2.42. The van der Waals surface area contributed by atoms with Crippen LogP contribution in [0.4, 0.5) is 0 Å². The van der Waals surface area contributed by atoms with E-state index in [0.717, 1.165) is 28.0 Å². The summed E-state index contributed by atoms with van der Waals surface area (Å²) in [6.45, 7) is 14.0. The Morgan fingerprint density at radius 2 is 1.79 bits per heavy atom. The molecule has 3 rings (SSSR count). The van der Waals surface area contributed by atoms with Crippen molar-refractivity contribution in [1.82, 2.24) is 4.90 Å². The zero-order valence-electron chi connectivity index (χ0n) is 18.3. The maximum absolute atomic E-state index is 10.7. The summed E-state index contributed by atoms with van der Waals surface area (Å²) in [6, 6.07) is 9.84. The van der Waals surface area contributed by atoms with Crippen molar-refractivity contribution >= 4 is 5.84 Å². The molecule has 2 aromatic rings. The third-order valence-electron chi connectivity index (χ3n) is 5.43. The van der Waals surface area contributed by atoms with Crippen LogP contribution in [0.2, 0.25) is 0 Å². The molecule has 1 heterocycles. The van der Waals surface area contributed by atoms with Crippen LogP contribution in [0.25, 0.3) is 0 Å². The van der Waals surface area contributed by atoms with Crippen LogP contribution in [0.5, 0.6) is 17.2 Å². The lowest BCUT2D eigenvalue weighted by Crippen LogP contribution is -2.27. The van der Waals surface area contributed by atoms with Crippen molar-refractivity contribution in [2.24, 2.45) is 0 Å². The highest BCUT2D eigenvalue weighted by molar-refractivity contribution is 6.00. The monoisotopic (exact) mass is 396 g/mol. The van der Waals surface area contributed by atoms with Crippen molar-refractivity contribution in [1.29, 1.82) is 5.41 Å². The quantitative estimate of drug-likeness (QED) is 0.687. The Kier molecular flexibility index (Phi) is 5.78. The van der Waals surface area contributed by atoms with Crippen molar-refractivity contribution in [3.05, 3.63) is 52.6 Å². The van der Waals surface area contributed by atoms with E-state index in [0.29, 0.717) is 31.3 Å². The van der Waals surface area contributed by atoms with E-state index in [9.17, 15) is 5.11 Å². The summed E-state index contributed by atoms with van der Waals surface area (Å²) in [5, 5.41) is 19.4. The second-order valence-corrected chi connectivity index (χ2v) is 8.50. The van der Waals surface area contributed by atoms with Gasteiger partial charge in [-0.15, -0.1) is 0 Å². The summed E-state index contributed by atoms with van der Waals surface area (Å²) in [5.41, 5.74) is 3.71. The van der Waals surface area contributed by atoms with E-state index in [4.69, 9.17) is 14.9 Å². The van der Waals surface area contributed by atoms with E-state index >= 15 is 0 Å². The lowest BCUT2D eigenvalue weighted by atomic mass is 9.84. The molecule has 0 aromatic heterocycles. The van der Waals surface area contributed by atoms with Gasteiger partial charge in [0.1, 0.15) is 11.6 Å². The van der Waals surface area contributed by atoms with Crippen LogP contribution in [0.15, 0.2) is 30.3 Å². The van der Waals surface area contributed by atoms with Gasteiger partial charge in [0.2, 0.25) is 0 Å². The molecule has 0 spiro atoms. The number of hydrogen-bond donors (Lipinski definition) is 2. The molecule has 2 aromatic carbocycles. The minimum atomic E-state index is -0.223. The van der Waals surface area contributed by atoms with Crippen LogP contribution in [0.3, 0.4) is 0 Å². The van der Waals surface area contributed by atoms with Crippen LogP contribution in [-0.2, 0) is 12.0 Å². The van der Waals surface area contributed by atoms with E-state index in [-0.39, 0.29) is 17.2 Å². The van der Waals surface area contributed by atoms with Crippen molar-refractivity contribution in [2.75, 3.05) is 13.2 Å². The molecule has 0 radical (unpaired) electrons. The topological polar surface area (TPSA) is 65.8 Å². The number of nitrogens with zero attached hydrogens (tertiary/aromatic N) is 1. The summed E-state index contributed by atoms with van der Waals surface area (Å²) in [5.74, 6) is 2.06. The summed E-state index contributed by atoms with van der Waals surface area (Å²) in [6.07, 6.45) is 0. The normalized spacial score (nSPS) is 14.7. The maximum Gasteiger partial charge on any atom is 0.161 e. The molecule has 1 aliphatic heterocycles. The van der Waals surface area contributed by atoms with Gasteiger partial charge < -0.3 is 19.5 Å². The number of phenols is 1. The molecule has 0 amide bonds. The maximum atomic E-state index is 10.7. The van der Waals surface area contributed by atoms with Gasteiger partial charge in [-0.05, 0) is 67.6 Å². The fraction of sp³-hybridized carbons (Fsp3) is 0.458. The van der Waals surface area contributed by atoms with Crippen LogP contribution < -0.4 is 9.47 Å². The van der Waals surface area contributed by atoms with Gasteiger partial charge in [0, 0.05) is 17.7 Å². The molecule has 1 unspecified atom stereocenters. The van der Waals surface area contributed by atoms with Gasteiger partial charge in [0.05, 0.1) is 19.3 Å². The molecule has 1 atom stereocenters. The highest BCUT2D eigenvalue weighted by Gasteiger charge is 2.31. The number of ether oxygens (including phenoxy) is 2. The van der Waals surface area contributed by atoms with Gasteiger partial charge in [-0.2, -0.15) is 0 Å². The summed E-state index contributed by atoms with van der Waals surface area (Å²) in [4.78, 5) is 2.08. The first-order chi connectivity index (χ1) is 13.7. The number of benzene rings is 2. The number of hydrogen-bond acceptors (Lipinski definition) is 4. The van der Waals surface area contributed by atoms with Gasteiger partial charge in [0.15, 0.2) is 11.5 Å². The molecule has 5 heteroatoms. The van der Waals surface area contributed by atoms with Gasteiger partial charge >= 0.3 is 0 Å². The molecule has 29 heavy (non-hydrogen) atoms. The molecule has 0 saturated carbocycles. The molecular formula is C24H32N2O3. The van der Waals surface area contributed by atoms with E-state index in [1.54, 1.807) is 0 Å². The summed E-state index contributed by atoms with van der Waals surface area (Å²) < 4.78 is 11.3. The van der Waals surface area contributed by atoms with Gasteiger partial charge in [-0.1, -0.05) is 20.8 Å². The number of nitrogens with one attached hydrogen (secondary N) is 1. The first-order valence-electron chi connectivity index (χ1n) is 10.3. The molecule has 1 aliphatic rings. The van der Waals surface area contributed by atoms with E-state index in [1.165, 1.54) is 0 Å². The molecule has 0 saturated heterocycles. The lowest BCUT2D eigenvalue weighted by molar-refractivity contribution is 0.308. The molecule has 0 bridgehead atoms. The first-order valence-corrected chi connectivity index (χ1v) is 10.3. The van der Waals surface area contributed by atoms with Gasteiger partial charge in [-0.25, -0.2) is 0 Å². The van der Waals surface area contributed by atoms with Crippen molar-refractivity contribution < 1.29 is 14.6 Å². The highest BCUT2D eigenvalue weighted by atomic mass is 16.5. The first kappa shape index (κ1) is 21.0. The van der Waals surface area contributed by atoms with E-state index in [1.807, 2.05) is 44.2 Å². The molecule has 0 fully saturated rings. The average Bonchev–Trinajstić information content (AvgIpc) is 2.98. The average molecular weight is 397 g/mol. The Morgan fingerprint density at radius 3 is 2.41 bits per heavy atom. The largest absolute Gasteiger partial charge is 0.504 e. The van der Waals surface area contributed by atoms with E-state index in [2.05, 4.69) is 32.6 Å². The SMILES string of the molecule is CCOc1ccc2c(c1)CN(C(C)c1cc(OCC)c(O)c(C(C)(C)C)c1)C2=N. The molecular weight excluding hydrogens is 364 g/mol. The lowest BCUT2D eigenvalue weighted by Gasteiger charge is -2.29. The summed E-state index contributed by atoms with van der Waals surface area (Å²) >= 11 is 0. The Morgan fingerprint density at radius 1 is 1.10 bits per heavy atom. The van der Waals surface area contributed by atoms with Crippen LogP contribution in [0.1, 0.15) is 69.8 Å². The zero-order chi connectivity index (χ0) is 21.3. The molecule has 156 valence electrons. The van der Waals surface area contributed by atoms with Crippen molar-refractivity contribution in [3.8, 4) is 17.2 Å². The molecule has 2 N–H and O–H groups in total. The zero-order valence-corrected chi connectivity index (χ0v) is 18.3. The van der Waals surface area contributed by atoms with Crippen LogP contribution >= 0.6 is 0 Å². The number of aromatic hydroxyl groups is 1. The fourth-order valence-corrected chi connectivity index (χ4v) is 3.82. The Balaban J connectivity index is 1.97.